The topological polar surface area (TPSA) is 41.6 Å². The molecule has 1 amide bonds. The lowest BCUT2D eigenvalue weighted by molar-refractivity contribution is 0.0924. The minimum absolute atomic E-state index is 0.0262. The number of methoxy groups -OCH3 is 1. The summed E-state index contributed by atoms with van der Waals surface area (Å²) in [4.78, 5) is 15.2. The monoisotopic (exact) mass is 324 g/mol. The van der Waals surface area contributed by atoms with Gasteiger partial charge in [-0.15, -0.1) is 0 Å². The van der Waals surface area contributed by atoms with E-state index in [1.165, 1.54) is 12.8 Å². The van der Waals surface area contributed by atoms with Gasteiger partial charge in [-0.05, 0) is 43.6 Å². The zero-order chi connectivity index (χ0) is 16.8. The first-order chi connectivity index (χ1) is 11.8. The molecule has 1 atom stereocenters. The zero-order valence-electron chi connectivity index (χ0n) is 14.1. The maximum Gasteiger partial charge on any atom is 0.255 e. The summed E-state index contributed by atoms with van der Waals surface area (Å²) in [6.45, 7) is 3.05. The number of amides is 1. The number of rotatable bonds is 6. The highest BCUT2D eigenvalue weighted by Crippen LogP contribution is 2.21. The van der Waals surface area contributed by atoms with E-state index in [0.29, 0.717) is 11.3 Å². The second kappa shape index (κ2) is 7.97. The van der Waals surface area contributed by atoms with Gasteiger partial charge >= 0.3 is 0 Å². The van der Waals surface area contributed by atoms with Crippen LogP contribution in [0, 0.1) is 0 Å². The molecule has 0 radical (unpaired) electrons. The minimum Gasteiger partial charge on any atom is -0.496 e. The molecule has 1 saturated heterocycles. The smallest absolute Gasteiger partial charge is 0.255 e. The predicted octanol–water partition coefficient (Wildman–Crippen LogP) is 3.26. The number of ether oxygens (including phenoxy) is 1. The highest BCUT2D eigenvalue weighted by atomic mass is 16.5. The van der Waals surface area contributed by atoms with Gasteiger partial charge in [0, 0.05) is 6.54 Å². The van der Waals surface area contributed by atoms with Crippen LogP contribution in [-0.2, 0) is 0 Å². The Hall–Kier alpha value is -2.33. The fraction of sp³-hybridized carbons (Fsp3) is 0.350. The molecular weight excluding hydrogens is 300 g/mol. The van der Waals surface area contributed by atoms with E-state index in [1.54, 1.807) is 13.2 Å². The summed E-state index contributed by atoms with van der Waals surface area (Å²) in [5.74, 6) is 0.503. The van der Waals surface area contributed by atoms with Gasteiger partial charge in [0.05, 0.1) is 18.7 Å². The van der Waals surface area contributed by atoms with E-state index in [4.69, 9.17) is 4.74 Å². The fourth-order valence-electron chi connectivity index (χ4n) is 3.21. The molecule has 0 bridgehead atoms. The maximum atomic E-state index is 12.8. The molecule has 0 spiro atoms. The summed E-state index contributed by atoms with van der Waals surface area (Å²) in [5.41, 5.74) is 1.70. The third-order valence-corrected chi connectivity index (χ3v) is 4.50. The van der Waals surface area contributed by atoms with E-state index in [2.05, 4.69) is 22.3 Å². The lowest BCUT2D eigenvalue weighted by atomic mass is 10.1. The van der Waals surface area contributed by atoms with E-state index in [0.717, 1.165) is 25.2 Å². The van der Waals surface area contributed by atoms with Crippen molar-refractivity contribution in [2.24, 2.45) is 0 Å². The van der Waals surface area contributed by atoms with Gasteiger partial charge in [0.25, 0.3) is 5.91 Å². The Morgan fingerprint density at radius 3 is 2.46 bits per heavy atom. The molecule has 0 saturated carbocycles. The SMILES string of the molecule is COc1ccccc1C(=O)NC(CN1CCCC1)c1ccccc1. The Morgan fingerprint density at radius 1 is 1.08 bits per heavy atom. The number of hydrogen-bond donors (Lipinski definition) is 1. The van der Waals surface area contributed by atoms with Crippen molar-refractivity contribution in [1.29, 1.82) is 0 Å². The van der Waals surface area contributed by atoms with Crippen LogP contribution in [0.15, 0.2) is 54.6 Å². The lowest BCUT2D eigenvalue weighted by Gasteiger charge is -2.25. The number of carbonyl (C=O) groups excluding carboxylic acids is 1. The summed E-state index contributed by atoms with van der Waals surface area (Å²) >= 11 is 0. The lowest BCUT2D eigenvalue weighted by Crippen LogP contribution is -2.37. The number of carbonyl (C=O) groups is 1. The van der Waals surface area contributed by atoms with Crippen LogP contribution in [0.1, 0.15) is 34.8 Å². The second-order valence-corrected chi connectivity index (χ2v) is 6.14. The van der Waals surface area contributed by atoms with Crippen molar-refractivity contribution in [3.8, 4) is 5.75 Å². The first kappa shape index (κ1) is 16.5. The van der Waals surface area contributed by atoms with Crippen LogP contribution in [-0.4, -0.2) is 37.6 Å². The summed E-state index contributed by atoms with van der Waals surface area (Å²) < 4.78 is 5.32. The molecule has 3 rings (SSSR count). The average Bonchev–Trinajstić information content (AvgIpc) is 3.15. The van der Waals surface area contributed by atoms with Crippen molar-refractivity contribution < 1.29 is 9.53 Å². The van der Waals surface area contributed by atoms with Crippen LogP contribution in [0.4, 0.5) is 0 Å². The van der Waals surface area contributed by atoms with Crippen molar-refractivity contribution in [2.75, 3.05) is 26.7 Å². The van der Waals surface area contributed by atoms with Gasteiger partial charge in [-0.3, -0.25) is 4.79 Å². The van der Waals surface area contributed by atoms with E-state index >= 15 is 0 Å². The summed E-state index contributed by atoms with van der Waals surface area (Å²) in [6, 6.07) is 17.5. The molecule has 1 aliphatic rings. The molecule has 2 aromatic carbocycles. The predicted molar refractivity (Wildman–Crippen MR) is 95.3 cm³/mol. The van der Waals surface area contributed by atoms with Gasteiger partial charge in [0.1, 0.15) is 5.75 Å². The van der Waals surface area contributed by atoms with E-state index in [9.17, 15) is 4.79 Å². The highest BCUT2D eigenvalue weighted by molar-refractivity contribution is 5.97. The molecule has 1 N–H and O–H groups in total. The first-order valence-corrected chi connectivity index (χ1v) is 8.49. The molecule has 1 fully saturated rings. The average molecular weight is 324 g/mol. The third-order valence-electron chi connectivity index (χ3n) is 4.50. The van der Waals surface area contributed by atoms with Crippen LogP contribution in [0.5, 0.6) is 5.75 Å². The molecule has 1 unspecified atom stereocenters. The highest BCUT2D eigenvalue weighted by Gasteiger charge is 2.22. The van der Waals surface area contributed by atoms with Crippen molar-refractivity contribution in [3.05, 3.63) is 65.7 Å². The fourth-order valence-corrected chi connectivity index (χ4v) is 3.21. The second-order valence-electron chi connectivity index (χ2n) is 6.14. The normalized spacial score (nSPS) is 15.9. The van der Waals surface area contributed by atoms with Gasteiger partial charge in [-0.25, -0.2) is 0 Å². The van der Waals surface area contributed by atoms with Gasteiger partial charge in [-0.2, -0.15) is 0 Å². The molecule has 0 aliphatic carbocycles. The number of likely N-dealkylation sites (tertiary alicyclic amines) is 1. The molecule has 126 valence electrons. The van der Waals surface area contributed by atoms with Crippen molar-refractivity contribution in [1.82, 2.24) is 10.2 Å². The zero-order valence-corrected chi connectivity index (χ0v) is 14.1. The van der Waals surface area contributed by atoms with Crippen molar-refractivity contribution in [3.63, 3.8) is 0 Å². The Labute approximate surface area is 143 Å². The quantitative estimate of drug-likeness (QED) is 0.887. The van der Waals surface area contributed by atoms with E-state index < -0.39 is 0 Å². The molecule has 4 nitrogen and oxygen atoms in total. The Balaban J connectivity index is 1.79. The molecule has 1 heterocycles. The number of nitrogens with one attached hydrogen (secondary N) is 1. The molecule has 1 aliphatic heterocycles. The number of benzene rings is 2. The number of nitrogens with zero attached hydrogens (tertiary/aromatic N) is 1. The summed E-state index contributed by atoms with van der Waals surface area (Å²) in [7, 11) is 1.59. The maximum absolute atomic E-state index is 12.8. The molecule has 4 heteroatoms. The van der Waals surface area contributed by atoms with Crippen LogP contribution >= 0.6 is 0 Å². The summed E-state index contributed by atoms with van der Waals surface area (Å²) in [6.07, 6.45) is 2.48. The van der Waals surface area contributed by atoms with Crippen LogP contribution in [0.3, 0.4) is 0 Å². The van der Waals surface area contributed by atoms with Gasteiger partial charge in [-0.1, -0.05) is 42.5 Å². The first-order valence-electron chi connectivity index (χ1n) is 8.49. The Morgan fingerprint density at radius 2 is 1.75 bits per heavy atom. The standard InChI is InChI=1S/C20H24N2O2/c1-24-19-12-6-5-11-17(19)20(23)21-18(15-22-13-7-8-14-22)16-9-3-2-4-10-16/h2-6,9-12,18H,7-8,13-15H2,1H3,(H,21,23). The number of hydrogen-bond acceptors (Lipinski definition) is 3. The van der Waals surface area contributed by atoms with Crippen LogP contribution in [0.25, 0.3) is 0 Å². The van der Waals surface area contributed by atoms with Gasteiger partial charge in [0.2, 0.25) is 0 Å². The third kappa shape index (κ3) is 3.95. The van der Waals surface area contributed by atoms with E-state index in [-0.39, 0.29) is 11.9 Å². The van der Waals surface area contributed by atoms with Gasteiger partial charge < -0.3 is 15.0 Å². The largest absolute Gasteiger partial charge is 0.496 e. The summed E-state index contributed by atoms with van der Waals surface area (Å²) in [5, 5.41) is 3.19. The van der Waals surface area contributed by atoms with Crippen LogP contribution in [0.2, 0.25) is 0 Å². The van der Waals surface area contributed by atoms with E-state index in [1.807, 2.05) is 36.4 Å². The molecule has 0 aromatic heterocycles. The van der Waals surface area contributed by atoms with Gasteiger partial charge in [0.15, 0.2) is 0 Å². The molecular formula is C20H24N2O2. The Bertz CT molecular complexity index is 666. The molecule has 24 heavy (non-hydrogen) atoms. The number of para-hydroxylation sites is 1. The van der Waals surface area contributed by atoms with Crippen molar-refractivity contribution >= 4 is 5.91 Å². The minimum atomic E-state index is -0.0968. The van der Waals surface area contributed by atoms with Crippen molar-refractivity contribution in [2.45, 2.75) is 18.9 Å². The van der Waals surface area contributed by atoms with Crippen LogP contribution < -0.4 is 10.1 Å². The Kier molecular flexibility index (Phi) is 5.49. The molecule has 2 aromatic rings.